The molecule has 0 aromatic heterocycles. The van der Waals surface area contributed by atoms with E-state index in [-0.39, 0.29) is 17.6 Å². The van der Waals surface area contributed by atoms with E-state index in [1.165, 1.54) is 0 Å². The van der Waals surface area contributed by atoms with Crippen molar-refractivity contribution < 1.29 is 13.2 Å². The van der Waals surface area contributed by atoms with Crippen LogP contribution in [0, 0.1) is 5.92 Å². The third-order valence-electron chi connectivity index (χ3n) is 5.37. The molecule has 0 unspecified atom stereocenters. The molecule has 0 spiro atoms. The van der Waals surface area contributed by atoms with Crippen molar-refractivity contribution >= 4 is 33.4 Å². The molecule has 0 saturated carbocycles. The number of carbonyl (C=O) groups is 1. The zero-order valence-electron chi connectivity index (χ0n) is 17.4. The molecule has 1 aliphatic rings. The van der Waals surface area contributed by atoms with Crippen LogP contribution in [0.4, 0.5) is 5.69 Å². The lowest BCUT2D eigenvalue weighted by atomic mass is 9.97. The highest BCUT2D eigenvalue weighted by molar-refractivity contribution is 7.99. The summed E-state index contributed by atoms with van der Waals surface area (Å²) in [4.78, 5) is 13.8. The van der Waals surface area contributed by atoms with E-state index in [1.807, 2.05) is 54.6 Å². The van der Waals surface area contributed by atoms with Gasteiger partial charge in [-0.1, -0.05) is 49.4 Å². The van der Waals surface area contributed by atoms with Gasteiger partial charge in [0.2, 0.25) is 15.9 Å². The molecule has 1 N–H and O–H groups in total. The van der Waals surface area contributed by atoms with Crippen LogP contribution in [0.2, 0.25) is 0 Å². The van der Waals surface area contributed by atoms with Crippen molar-refractivity contribution in [2.75, 3.05) is 29.9 Å². The molecule has 1 fully saturated rings. The van der Waals surface area contributed by atoms with Crippen LogP contribution >= 0.6 is 11.8 Å². The molecular formula is C23H30N2O3S2. The Balaban J connectivity index is 1.48. The molecule has 0 bridgehead atoms. The summed E-state index contributed by atoms with van der Waals surface area (Å²) >= 11 is 1.70. The number of para-hydroxylation sites is 1. The van der Waals surface area contributed by atoms with Crippen molar-refractivity contribution in [1.29, 1.82) is 0 Å². The van der Waals surface area contributed by atoms with Crippen LogP contribution < -0.4 is 5.32 Å². The summed E-state index contributed by atoms with van der Waals surface area (Å²) in [6, 6.07) is 17.8. The Hall–Kier alpha value is -1.83. The van der Waals surface area contributed by atoms with Crippen LogP contribution in [0.25, 0.3) is 0 Å². The molecular weight excluding hydrogens is 416 g/mol. The van der Waals surface area contributed by atoms with Crippen LogP contribution in [0.3, 0.4) is 0 Å². The highest BCUT2D eigenvalue weighted by Crippen LogP contribution is 2.28. The smallest absolute Gasteiger partial charge is 0.227 e. The topological polar surface area (TPSA) is 66.5 Å². The summed E-state index contributed by atoms with van der Waals surface area (Å²) in [7, 11) is -3.28. The number of piperidine rings is 1. The van der Waals surface area contributed by atoms with E-state index >= 15 is 0 Å². The van der Waals surface area contributed by atoms with E-state index in [4.69, 9.17) is 0 Å². The molecule has 3 rings (SSSR count). The van der Waals surface area contributed by atoms with Gasteiger partial charge in [0.15, 0.2) is 0 Å². The highest BCUT2D eigenvalue weighted by Gasteiger charge is 2.31. The molecule has 1 saturated heterocycles. The Morgan fingerprint density at radius 3 is 2.43 bits per heavy atom. The maximum absolute atomic E-state index is 12.7. The van der Waals surface area contributed by atoms with Crippen LogP contribution in [0.5, 0.6) is 0 Å². The molecule has 2 aromatic carbocycles. The van der Waals surface area contributed by atoms with Crippen LogP contribution in [-0.4, -0.2) is 43.2 Å². The standard InChI is InChI=1S/C23H30N2O3S2/c1-2-29-22-13-7-6-12-21(22)24-23(26)20-14-16-25(17-15-20)30(27,28)18-8-11-19-9-4-3-5-10-19/h3-7,9-10,12-13,20H,2,8,11,14-18H2,1H3,(H,24,26). The molecule has 30 heavy (non-hydrogen) atoms. The highest BCUT2D eigenvalue weighted by atomic mass is 32.2. The maximum atomic E-state index is 12.7. The summed E-state index contributed by atoms with van der Waals surface area (Å²) in [5.74, 6) is 0.925. The molecule has 1 heterocycles. The molecule has 1 aliphatic heterocycles. The normalized spacial score (nSPS) is 15.8. The van der Waals surface area contributed by atoms with Crippen molar-refractivity contribution in [3.8, 4) is 0 Å². The number of thioether (sulfide) groups is 1. The van der Waals surface area contributed by atoms with Gasteiger partial charge in [0.05, 0.1) is 11.4 Å². The second kappa shape index (κ2) is 11.0. The summed E-state index contributed by atoms with van der Waals surface area (Å²) < 4.78 is 26.9. The van der Waals surface area contributed by atoms with Gasteiger partial charge in [0.25, 0.3) is 0 Å². The molecule has 1 amide bonds. The van der Waals surface area contributed by atoms with Crippen LogP contribution in [-0.2, 0) is 21.2 Å². The predicted octanol–water partition coefficient (Wildman–Crippen LogP) is 4.41. The van der Waals surface area contributed by atoms with Crippen LogP contribution in [0.1, 0.15) is 31.7 Å². The number of aryl methyl sites for hydroxylation is 1. The first-order valence-electron chi connectivity index (χ1n) is 10.5. The maximum Gasteiger partial charge on any atom is 0.227 e. The number of nitrogens with one attached hydrogen (secondary N) is 1. The molecule has 7 heteroatoms. The Labute approximate surface area is 184 Å². The number of hydrogen-bond donors (Lipinski definition) is 1. The van der Waals surface area contributed by atoms with E-state index in [0.29, 0.717) is 32.4 Å². The van der Waals surface area contributed by atoms with Crippen molar-refractivity contribution in [1.82, 2.24) is 4.31 Å². The van der Waals surface area contributed by atoms with Gasteiger partial charge in [-0.3, -0.25) is 4.79 Å². The second-order valence-corrected chi connectivity index (χ2v) is 10.9. The lowest BCUT2D eigenvalue weighted by Gasteiger charge is -2.30. The molecule has 0 radical (unpaired) electrons. The predicted molar refractivity (Wildman–Crippen MR) is 124 cm³/mol. The van der Waals surface area contributed by atoms with E-state index in [1.54, 1.807) is 16.1 Å². The first kappa shape index (κ1) is 22.8. The fraction of sp³-hybridized carbons (Fsp3) is 0.435. The fourth-order valence-corrected chi connectivity index (χ4v) is 6.01. The number of carbonyl (C=O) groups excluding carboxylic acids is 1. The lowest BCUT2D eigenvalue weighted by Crippen LogP contribution is -2.42. The number of rotatable bonds is 9. The van der Waals surface area contributed by atoms with Gasteiger partial charge >= 0.3 is 0 Å². The monoisotopic (exact) mass is 446 g/mol. The SMILES string of the molecule is CCSc1ccccc1NC(=O)C1CCN(S(=O)(=O)CCCc2ccccc2)CC1. The van der Waals surface area contributed by atoms with Crippen molar-refractivity contribution in [3.63, 3.8) is 0 Å². The number of amides is 1. The minimum atomic E-state index is -3.28. The molecule has 0 atom stereocenters. The van der Waals surface area contributed by atoms with E-state index < -0.39 is 10.0 Å². The second-order valence-electron chi connectivity index (χ2n) is 7.50. The average Bonchev–Trinajstić information content (AvgIpc) is 2.76. The zero-order chi connectivity index (χ0) is 21.4. The number of nitrogens with zero attached hydrogens (tertiary/aromatic N) is 1. The van der Waals surface area contributed by atoms with Gasteiger partial charge in [-0.05, 0) is 49.1 Å². The first-order valence-corrected chi connectivity index (χ1v) is 13.1. The van der Waals surface area contributed by atoms with Gasteiger partial charge in [0, 0.05) is 23.9 Å². The Morgan fingerprint density at radius 2 is 1.73 bits per heavy atom. The lowest BCUT2D eigenvalue weighted by molar-refractivity contribution is -0.120. The summed E-state index contributed by atoms with van der Waals surface area (Å²) in [5.41, 5.74) is 2.00. The molecule has 5 nitrogen and oxygen atoms in total. The fourth-order valence-electron chi connectivity index (χ4n) is 3.71. The van der Waals surface area contributed by atoms with Gasteiger partial charge in [-0.25, -0.2) is 12.7 Å². The van der Waals surface area contributed by atoms with Gasteiger partial charge in [-0.2, -0.15) is 0 Å². The van der Waals surface area contributed by atoms with E-state index in [2.05, 4.69) is 12.2 Å². The minimum absolute atomic E-state index is 0.0136. The third kappa shape index (κ3) is 6.33. The first-order chi connectivity index (χ1) is 14.5. The third-order valence-corrected chi connectivity index (χ3v) is 8.29. The number of anilines is 1. The largest absolute Gasteiger partial charge is 0.325 e. The van der Waals surface area contributed by atoms with Gasteiger partial charge in [0.1, 0.15) is 0 Å². The van der Waals surface area contributed by atoms with Crippen LogP contribution in [0.15, 0.2) is 59.5 Å². The molecule has 2 aromatic rings. The van der Waals surface area contributed by atoms with Crippen molar-refractivity contribution in [2.24, 2.45) is 5.92 Å². The Kier molecular flexibility index (Phi) is 8.36. The van der Waals surface area contributed by atoms with Gasteiger partial charge < -0.3 is 5.32 Å². The van der Waals surface area contributed by atoms with Gasteiger partial charge in [-0.15, -0.1) is 11.8 Å². The summed E-state index contributed by atoms with van der Waals surface area (Å²) in [5, 5.41) is 3.04. The number of sulfonamides is 1. The van der Waals surface area contributed by atoms with E-state index in [9.17, 15) is 13.2 Å². The summed E-state index contributed by atoms with van der Waals surface area (Å²) in [6.07, 6.45) is 2.49. The summed E-state index contributed by atoms with van der Waals surface area (Å²) in [6.45, 7) is 2.91. The Morgan fingerprint density at radius 1 is 1.07 bits per heavy atom. The number of hydrogen-bond acceptors (Lipinski definition) is 4. The van der Waals surface area contributed by atoms with E-state index in [0.717, 1.165) is 28.3 Å². The molecule has 162 valence electrons. The Bertz CT molecular complexity index is 924. The average molecular weight is 447 g/mol. The quantitative estimate of drug-likeness (QED) is 0.580. The van der Waals surface area contributed by atoms with Crippen molar-refractivity contribution in [3.05, 3.63) is 60.2 Å². The zero-order valence-corrected chi connectivity index (χ0v) is 19.1. The minimum Gasteiger partial charge on any atom is -0.325 e. The molecule has 0 aliphatic carbocycles. The van der Waals surface area contributed by atoms with Crippen molar-refractivity contribution in [2.45, 2.75) is 37.5 Å². The number of benzene rings is 2.